The van der Waals surface area contributed by atoms with Crippen LogP contribution in [0, 0.1) is 10.8 Å². The number of amidine groups is 1. The lowest BCUT2D eigenvalue weighted by atomic mass is 10.0. The van der Waals surface area contributed by atoms with E-state index in [1.54, 1.807) is 0 Å². The monoisotopic (exact) mass is 225 g/mol. The molecule has 1 aliphatic heterocycles. The van der Waals surface area contributed by atoms with Crippen molar-refractivity contribution in [2.24, 2.45) is 11.1 Å². The van der Waals surface area contributed by atoms with Gasteiger partial charge in [-0.05, 0) is 38.1 Å². The van der Waals surface area contributed by atoms with E-state index in [1.807, 2.05) is 0 Å². The normalized spacial score (nSPS) is 27.2. The third-order valence-electron chi connectivity index (χ3n) is 3.67. The van der Waals surface area contributed by atoms with Crippen LogP contribution >= 0.6 is 0 Å². The Morgan fingerprint density at radius 3 is 2.81 bits per heavy atom. The molecule has 1 aliphatic carbocycles. The fraction of sp³-hybridized carbons (Fsp3) is 0.917. The van der Waals surface area contributed by atoms with Gasteiger partial charge in [0.25, 0.3) is 0 Å². The second-order valence-corrected chi connectivity index (χ2v) is 5.53. The number of likely N-dealkylation sites (N-methyl/N-ethyl adjacent to an activating group) is 1. The highest BCUT2D eigenvalue weighted by Gasteiger charge is 2.43. The minimum atomic E-state index is 0.319. The quantitative estimate of drug-likeness (QED) is 0.527. The second-order valence-electron chi connectivity index (χ2n) is 5.53. The third kappa shape index (κ3) is 3.19. The van der Waals surface area contributed by atoms with E-state index >= 15 is 0 Å². The van der Waals surface area contributed by atoms with Gasteiger partial charge in [-0.25, -0.2) is 0 Å². The molecule has 0 radical (unpaired) electrons. The molecule has 4 heteroatoms. The van der Waals surface area contributed by atoms with Crippen molar-refractivity contribution in [2.45, 2.75) is 38.2 Å². The molecule has 92 valence electrons. The van der Waals surface area contributed by atoms with Gasteiger partial charge in [0.1, 0.15) is 0 Å². The molecule has 1 atom stereocenters. The summed E-state index contributed by atoms with van der Waals surface area (Å²) in [6, 6.07) is 0. The van der Waals surface area contributed by atoms with Gasteiger partial charge in [0.15, 0.2) is 0 Å². The van der Waals surface area contributed by atoms with Crippen LogP contribution in [-0.2, 0) is 4.74 Å². The van der Waals surface area contributed by atoms with Gasteiger partial charge in [0.05, 0.1) is 11.9 Å². The Hall–Kier alpha value is -0.610. The second kappa shape index (κ2) is 4.72. The number of hydrogen-bond donors (Lipinski definition) is 2. The van der Waals surface area contributed by atoms with Crippen LogP contribution in [0.25, 0.3) is 0 Å². The standard InChI is InChI=1S/C12H23N3O/c1-15(8-10-3-2-6-16-10)9-12(4-5-12)7-11(13)14/h10H,2-9H2,1H3,(H3,13,14). The van der Waals surface area contributed by atoms with E-state index in [2.05, 4.69) is 11.9 Å². The van der Waals surface area contributed by atoms with Gasteiger partial charge in [-0.1, -0.05) is 0 Å². The fourth-order valence-electron chi connectivity index (χ4n) is 2.74. The molecule has 1 heterocycles. The summed E-state index contributed by atoms with van der Waals surface area (Å²) in [7, 11) is 2.15. The lowest BCUT2D eigenvalue weighted by molar-refractivity contribution is 0.0755. The van der Waals surface area contributed by atoms with Crippen LogP contribution in [0.5, 0.6) is 0 Å². The molecule has 2 aliphatic rings. The summed E-state index contributed by atoms with van der Waals surface area (Å²) in [5.41, 5.74) is 5.82. The summed E-state index contributed by atoms with van der Waals surface area (Å²) < 4.78 is 5.63. The molecule has 1 saturated heterocycles. The average molecular weight is 225 g/mol. The van der Waals surface area contributed by atoms with Crippen molar-refractivity contribution in [2.75, 3.05) is 26.7 Å². The summed E-state index contributed by atoms with van der Waals surface area (Å²) in [4.78, 5) is 2.35. The van der Waals surface area contributed by atoms with E-state index in [0.29, 0.717) is 17.4 Å². The Balaban J connectivity index is 1.73. The zero-order chi connectivity index (χ0) is 11.6. The first-order chi connectivity index (χ1) is 7.60. The predicted molar refractivity (Wildman–Crippen MR) is 64.7 cm³/mol. The van der Waals surface area contributed by atoms with Gasteiger partial charge < -0.3 is 15.4 Å². The SMILES string of the molecule is CN(CC1CCCO1)CC1(CC(=N)N)CC1. The van der Waals surface area contributed by atoms with E-state index < -0.39 is 0 Å². The highest BCUT2D eigenvalue weighted by atomic mass is 16.5. The van der Waals surface area contributed by atoms with Crippen LogP contribution < -0.4 is 5.73 Å². The number of nitrogens with two attached hydrogens (primary N) is 1. The highest BCUT2D eigenvalue weighted by molar-refractivity contribution is 5.78. The fourth-order valence-corrected chi connectivity index (χ4v) is 2.74. The number of nitrogens with one attached hydrogen (secondary N) is 1. The molecular formula is C12H23N3O. The highest BCUT2D eigenvalue weighted by Crippen LogP contribution is 2.49. The van der Waals surface area contributed by atoms with Crippen molar-refractivity contribution >= 4 is 5.84 Å². The van der Waals surface area contributed by atoms with Gasteiger partial charge in [-0.2, -0.15) is 0 Å². The van der Waals surface area contributed by atoms with E-state index in [9.17, 15) is 0 Å². The summed E-state index contributed by atoms with van der Waals surface area (Å²) in [6.45, 7) is 3.02. The van der Waals surface area contributed by atoms with Gasteiger partial charge in [0.2, 0.25) is 0 Å². The van der Waals surface area contributed by atoms with Crippen LogP contribution in [0.15, 0.2) is 0 Å². The van der Waals surface area contributed by atoms with E-state index in [1.165, 1.54) is 25.7 Å². The minimum absolute atomic E-state index is 0.319. The maximum Gasteiger partial charge on any atom is 0.0911 e. The predicted octanol–water partition coefficient (Wildman–Crippen LogP) is 1.20. The zero-order valence-electron chi connectivity index (χ0n) is 10.2. The van der Waals surface area contributed by atoms with Gasteiger partial charge >= 0.3 is 0 Å². The van der Waals surface area contributed by atoms with Crippen LogP contribution in [0.2, 0.25) is 0 Å². The molecule has 0 bridgehead atoms. The maximum absolute atomic E-state index is 7.39. The van der Waals surface area contributed by atoms with E-state index in [-0.39, 0.29) is 0 Å². The largest absolute Gasteiger partial charge is 0.388 e. The smallest absolute Gasteiger partial charge is 0.0911 e. The first-order valence-electron chi connectivity index (χ1n) is 6.23. The molecule has 16 heavy (non-hydrogen) atoms. The van der Waals surface area contributed by atoms with Gasteiger partial charge in [-0.3, -0.25) is 5.41 Å². The van der Waals surface area contributed by atoms with E-state index in [4.69, 9.17) is 15.9 Å². The Bertz CT molecular complexity index is 257. The van der Waals surface area contributed by atoms with Crippen LogP contribution in [-0.4, -0.2) is 43.6 Å². The Morgan fingerprint density at radius 1 is 1.56 bits per heavy atom. The first kappa shape index (κ1) is 11.9. The third-order valence-corrected chi connectivity index (χ3v) is 3.67. The molecule has 2 rings (SSSR count). The summed E-state index contributed by atoms with van der Waals surface area (Å²) in [5, 5.41) is 7.39. The van der Waals surface area contributed by atoms with Crippen LogP contribution in [0.3, 0.4) is 0 Å². The van der Waals surface area contributed by atoms with Crippen molar-refractivity contribution < 1.29 is 4.74 Å². The Morgan fingerprint density at radius 2 is 2.31 bits per heavy atom. The van der Waals surface area contributed by atoms with E-state index in [0.717, 1.165) is 26.1 Å². The Labute approximate surface area is 97.6 Å². The molecule has 1 unspecified atom stereocenters. The molecule has 4 nitrogen and oxygen atoms in total. The first-order valence-corrected chi connectivity index (χ1v) is 6.23. The molecule has 0 aromatic rings. The molecule has 2 fully saturated rings. The lowest BCUT2D eigenvalue weighted by Crippen LogP contribution is -2.35. The zero-order valence-corrected chi connectivity index (χ0v) is 10.2. The molecule has 1 saturated carbocycles. The average Bonchev–Trinajstić information content (AvgIpc) is 2.74. The van der Waals surface area contributed by atoms with Crippen LogP contribution in [0.1, 0.15) is 32.1 Å². The topological polar surface area (TPSA) is 62.3 Å². The lowest BCUT2D eigenvalue weighted by Gasteiger charge is -2.25. The number of rotatable bonds is 6. The molecule has 0 aromatic carbocycles. The van der Waals surface area contributed by atoms with Crippen molar-refractivity contribution in [3.63, 3.8) is 0 Å². The van der Waals surface area contributed by atoms with Crippen LogP contribution in [0.4, 0.5) is 0 Å². The number of hydrogen-bond acceptors (Lipinski definition) is 3. The minimum Gasteiger partial charge on any atom is -0.388 e. The van der Waals surface area contributed by atoms with Crippen molar-refractivity contribution in [1.29, 1.82) is 5.41 Å². The number of nitrogens with zero attached hydrogens (tertiary/aromatic N) is 1. The maximum atomic E-state index is 7.39. The summed E-state index contributed by atoms with van der Waals surface area (Å²) in [5.74, 6) is 0.336. The molecule has 3 N–H and O–H groups in total. The van der Waals surface area contributed by atoms with Crippen molar-refractivity contribution in [3.05, 3.63) is 0 Å². The molecule has 0 amide bonds. The molecular weight excluding hydrogens is 202 g/mol. The van der Waals surface area contributed by atoms with Gasteiger partial charge in [-0.15, -0.1) is 0 Å². The molecule has 0 aromatic heterocycles. The summed E-state index contributed by atoms with van der Waals surface area (Å²) in [6.07, 6.45) is 6.05. The summed E-state index contributed by atoms with van der Waals surface area (Å²) >= 11 is 0. The number of ether oxygens (including phenoxy) is 1. The van der Waals surface area contributed by atoms with Gasteiger partial charge in [0, 0.05) is 26.1 Å². The Kier molecular flexibility index (Phi) is 3.50. The van der Waals surface area contributed by atoms with Crippen molar-refractivity contribution in [1.82, 2.24) is 4.90 Å². The molecule has 0 spiro atoms. The van der Waals surface area contributed by atoms with Crippen molar-refractivity contribution in [3.8, 4) is 0 Å².